The summed E-state index contributed by atoms with van der Waals surface area (Å²) in [5.41, 5.74) is 1.27. The molecule has 3 aromatic rings. The van der Waals surface area contributed by atoms with E-state index in [0.29, 0.717) is 16.8 Å². The minimum absolute atomic E-state index is 0.0132. The topological polar surface area (TPSA) is 68.3 Å². The number of amides is 1. The van der Waals surface area contributed by atoms with Crippen molar-refractivity contribution in [1.29, 1.82) is 0 Å². The van der Waals surface area contributed by atoms with Crippen LogP contribution in [-0.4, -0.2) is 42.2 Å². The van der Waals surface area contributed by atoms with Gasteiger partial charge in [-0.15, -0.1) is 0 Å². The van der Waals surface area contributed by atoms with Gasteiger partial charge in [-0.2, -0.15) is 23.4 Å². The number of rotatable bonds is 5. The number of aromatic nitrogens is 5. The van der Waals surface area contributed by atoms with Gasteiger partial charge in [0.15, 0.2) is 5.65 Å². The van der Waals surface area contributed by atoms with Crippen LogP contribution in [0.3, 0.4) is 0 Å². The highest BCUT2D eigenvalue weighted by Gasteiger charge is 2.38. The number of carbonyl (C=O) groups is 1. The fraction of sp³-hybridized carbons (Fsp3) is 0.474. The lowest BCUT2D eigenvalue weighted by Crippen LogP contribution is -2.26. The van der Waals surface area contributed by atoms with E-state index in [-0.39, 0.29) is 23.7 Å². The minimum Gasteiger partial charge on any atom is -0.337 e. The van der Waals surface area contributed by atoms with Gasteiger partial charge in [0.2, 0.25) is 0 Å². The molecule has 0 aromatic carbocycles. The van der Waals surface area contributed by atoms with E-state index in [9.17, 15) is 18.0 Å². The van der Waals surface area contributed by atoms with Crippen LogP contribution in [0.2, 0.25) is 0 Å². The highest BCUT2D eigenvalue weighted by Crippen LogP contribution is 2.41. The van der Waals surface area contributed by atoms with E-state index in [1.165, 1.54) is 4.90 Å². The Labute approximate surface area is 165 Å². The third-order valence-corrected chi connectivity index (χ3v) is 5.27. The van der Waals surface area contributed by atoms with Gasteiger partial charge in [-0.25, -0.2) is 9.50 Å². The van der Waals surface area contributed by atoms with E-state index in [4.69, 9.17) is 0 Å². The van der Waals surface area contributed by atoms with Crippen LogP contribution in [-0.2, 0) is 19.3 Å². The van der Waals surface area contributed by atoms with Crippen LogP contribution >= 0.6 is 0 Å². The monoisotopic (exact) mass is 406 g/mol. The summed E-state index contributed by atoms with van der Waals surface area (Å²) in [6.07, 6.45) is -0.120. The molecule has 10 heteroatoms. The van der Waals surface area contributed by atoms with Gasteiger partial charge in [0.25, 0.3) is 5.91 Å². The fourth-order valence-corrected chi connectivity index (χ4v) is 3.41. The first-order valence-corrected chi connectivity index (χ1v) is 9.43. The smallest absolute Gasteiger partial charge is 0.337 e. The largest absolute Gasteiger partial charge is 0.433 e. The summed E-state index contributed by atoms with van der Waals surface area (Å²) in [7, 11) is 1.60. The highest BCUT2D eigenvalue weighted by atomic mass is 19.4. The standard InChI is InChI=1S/C19H21F3N6O/c1-4-27-11(2)13(8-23-27)10-26(3)18(29)14-9-24-28-16(19(20,21)22)7-15(12-5-6-12)25-17(14)28/h7-9,12H,4-6,10H2,1-3H3. The van der Waals surface area contributed by atoms with E-state index < -0.39 is 17.8 Å². The Kier molecular flexibility index (Phi) is 4.59. The zero-order chi connectivity index (χ0) is 20.9. The molecule has 0 unspecified atom stereocenters. The summed E-state index contributed by atoms with van der Waals surface area (Å²) in [6, 6.07) is 1.04. The Morgan fingerprint density at radius 3 is 2.59 bits per heavy atom. The molecule has 4 rings (SSSR count). The number of carbonyl (C=O) groups excluding carboxylic acids is 1. The van der Waals surface area contributed by atoms with Gasteiger partial charge in [0, 0.05) is 43.0 Å². The SMILES string of the molecule is CCn1ncc(CN(C)C(=O)c2cnn3c(C(F)(F)F)cc(C4CC4)nc23)c1C. The molecule has 1 saturated carbocycles. The summed E-state index contributed by atoms with van der Waals surface area (Å²) < 4.78 is 43.1. The molecule has 0 atom stereocenters. The molecule has 1 aliphatic rings. The predicted octanol–water partition coefficient (Wildman–Crippen LogP) is 3.42. The molecular formula is C19H21F3N6O. The maximum atomic E-state index is 13.5. The quantitative estimate of drug-likeness (QED) is 0.651. The molecule has 29 heavy (non-hydrogen) atoms. The van der Waals surface area contributed by atoms with Gasteiger partial charge in [-0.1, -0.05) is 0 Å². The van der Waals surface area contributed by atoms with Crippen LogP contribution in [0.4, 0.5) is 13.2 Å². The Hall–Kier alpha value is -2.91. The van der Waals surface area contributed by atoms with E-state index >= 15 is 0 Å². The van der Waals surface area contributed by atoms with E-state index in [1.54, 1.807) is 13.2 Å². The Bertz CT molecular complexity index is 1080. The molecule has 1 fully saturated rings. The number of alkyl halides is 3. The number of fused-ring (bicyclic) bond motifs is 1. The van der Waals surface area contributed by atoms with Crippen LogP contribution in [0.25, 0.3) is 5.65 Å². The molecular weight excluding hydrogens is 385 g/mol. The molecule has 0 spiro atoms. The highest BCUT2D eigenvalue weighted by molar-refractivity contribution is 5.99. The summed E-state index contributed by atoms with van der Waals surface area (Å²) in [5, 5.41) is 8.08. The van der Waals surface area contributed by atoms with Crippen molar-refractivity contribution >= 4 is 11.6 Å². The maximum Gasteiger partial charge on any atom is 0.433 e. The number of nitrogens with zero attached hydrogens (tertiary/aromatic N) is 6. The van der Waals surface area contributed by atoms with Gasteiger partial charge < -0.3 is 4.90 Å². The molecule has 3 aromatic heterocycles. The van der Waals surface area contributed by atoms with Crippen LogP contribution in [0.1, 0.15) is 58.7 Å². The van der Waals surface area contributed by atoms with E-state index in [1.807, 2.05) is 18.5 Å². The van der Waals surface area contributed by atoms with Crippen LogP contribution in [0, 0.1) is 6.92 Å². The summed E-state index contributed by atoms with van der Waals surface area (Å²) >= 11 is 0. The van der Waals surface area contributed by atoms with Gasteiger partial charge >= 0.3 is 6.18 Å². The number of halogens is 3. The van der Waals surface area contributed by atoms with Crippen LogP contribution in [0.5, 0.6) is 0 Å². The number of hydrogen-bond donors (Lipinski definition) is 0. The lowest BCUT2D eigenvalue weighted by Gasteiger charge is -2.17. The molecule has 3 heterocycles. The maximum absolute atomic E-state index is 13.5. The fourth-order valence-electron chi connectivity index (χ4n) is 3.41. The molecule has 0 saturated heterocycles. The third kappa shape index (κ3) is 3.47. The molecule has 1 aliphatic carbocycles. The minimum atomic E-state index is -4.59. The third-order valence-electron chi connectivity index (χ3n) is 5.27. The van der Waals surface area contributed by atoms with Crippen molar-refractivity contribution in [2.75, 3.05) is 7.05 Å². The number of aryl methyl sites for hydroxylation is 1. The van der Waals surface area contributed by atoms with Gasteiger partial charge in [-0.3, -0.25) is 9.48 Å². The van der Waals surface area contributed by atoms with Crippen molar-refractivity contribution in [3.63, 3.8) is 0 Å². The molecule has 0 radical (unpaired) electrons. The molecule has 1 amide bonds. The predicted molar refractivity (Wildman–Crippen MR) is 98.4 cm³/mol. The van der Waals surface area contributed by atoms with Gasteiger partial charge in [0.1, 0.15) is 11.3 Å². The second-order valence-electron chi connectivity index (χ2n) is 7.36. The van der Waals surface area contributed by atoms with E-state index in [2.05, 4.69) is 15.2 Å². The van der Waals surface area contributed by atoms with Crippen molar-refractivity contribution in [2.45, 2.75) is 51.9 Å². The average Bonchev–Trinajstić information content (AvgIpc) is 3.35. The Morgan fingerprint density at radius 2 is 2.00 bits per heavy atom. The van der Waals surface area contributed by atoms with Crippen molar-refractivity contribution < 1.29 is 18.0 Å². The molecule has 7 nitrogen and oxygen atoms in total. The van der Waals surface area contributed by atoms with Crippen molar-refractivity contribution in [2.24, 2.45) is 0 Å². The van der Waals surface area contributed by atoms with Crippen molar-refractivity contribution in [3.8, 4) is 0 Å². The number of hydrogen-bond acceptors (Lipinski definition) is 4. The van der Waals surface area contributed by atoms with E-state index in [0.717, 1.165) is 36.4 Å². The lowest BCUT2D eigenvalue weighted by atomic mass is 10.2. The molecule has 0 bridgehead atoms. The first kappa shape index (κ1) is 19.4. The Morgan fingerprint density at radius 1 is 1.28 bits per heavy atom. The average molecular weight is 406 g/mol. The van der Waals surface area contributed by atoms with Crippen LogP contribution < -0.4 is 0 Å². The molecule has 154 valence electrons. The first-order chi connectivity index (χ1) is 13.7. The first-order valence-electron chi connectivity index (χ1n) is 9.43. The second kappa shape index (κ2) is 6.85. The second-order valence-corrected chi connectivity index (χ2v) is 7.36. The molecule has 0 aliphatic heterocycles. The summed E-state index contributed by atoms with van der Waals surface area (Å²) in [6.45, 7) is 4.89. The van der Waals surface area contributed by atoms with Gasteiger partial charge in [0.05, 0.1) is 12.4 Å². The van der Waals surface area contributed by atoms with Crippen molar-refractivity contribution in [1.82, 2.24) is 29.3 Å². The lowest BCUT2D eigenvalue weighted by molar-refractivity contribution is -0.142. The Balaban J connectivity index is 1.70. The van der Waals surface area contributed by atoms with Crippen LogP contribution in [0.15, 0.2) is 18.5 Å². The zero-order valence-electron chi connectivity index (χ0n) is 16.4. The summed E-state index contributed by atoms with van der Waals surface area (Å²) in [4.78, 5) is 18.8. The van der Waals surface area contributed by atoms with Crippen molar-refractivity contribution in [3.05, 3.63) is 46.7 Å². The van der Waals surface area contributed by atoms with Gasteiger partial charge in [-0.05, 0) is 32.8 Å². The normalized spacial score (nSPS) is 14.6. The molecule has 0 N–H and O–H groups in total. The zero-order valence-corrected chi connectivity index (χ0v) is 16.4. The summed E-state index contributed by atoms with van der Waals surface area (Å²) in [5.74, 6) is -0.420.